The van der Waals surface area contributed by atoms with Gasteiger partial charge in [-0.15, -0.1) is 6.58 Å². The van der Waals surface area contributed by atoms with Gasteiger partial charge in [0.1, 0.15) is 17.8 Å². The Morgan fingerprint density at radius 2 is 1.54 bits per heavy atom. The average Bonchev–Trinajstić information content (AvgIpc) is 2.70. The van der Waals surface area contributed by atoms with Crippen molar-refractivity contribution >= 4 is 23.7 Å². The average molecular weight is 495 g/mol. The van der Waals surface area contributed by atoms with Gasteiger partial charge in [0.15, 0.2) is 17.5 Å². The molecule has 196 valence electrons. The third-order valence-corrected chi connectivity index (χ3v) is 8.57. The van der Waals surface area contributed by atoms with Crippen molar-refractivity contribution < 1.29 is 43.2 Å². The molecule has 35 heavy (non-hydrogen) atoms. The number of esters is 3. The Kier molecular flexibility index (Phi) is 6.56. The number of ether oxygens (including phenoxy) is 4. The largest absolute Gasteiger partial charge is 0.462 e. The molecule has 0 unspecified atom stereocenters. The minimum atomic E-state index is -2.26. The van der Waals surface area contributed by atoms with E-state index < -0.39 is 75.6 Å². The summed E-state index contributed by atoms with van der Waals surface area (Å²) in [7, 11) is 0. The molecule has 0 aromatic carbocycles. The first kappa shape index (κ1) is 27.3. The van der Waals surface area contributed by atoms with Crippen molar-refractivity contribution in [2.24, 2.45) is 16.7 Å². The van der Waals surface area contributed by atoms with Gasteiger partial charge in [-0.05, 0) is 32.1 Å². The molecule has 0 amide bonds. The number of hydrogen-bond donors (Lipinski definition) is 1. The zero-order chi connectivity index (χ0) is 26.8. The van der Waals surface area contributed by atoms with Gasteiger partial charge in [-0.25, -0.2) is 0 Å². The number of fused-ring (bicyclic) bond motifs is 3. The van der Waals surface area contributed by atoms with Crippen molar-refractivity contribution in [2.75, 3.05) is 0 Å². The molecule has 2 saturated carbocycles. The highest BCUT2D eigenvalue weighted by Gasteiger charge is 2.82. The van der Waals surface area contributed by atoms with Crippen molar-refractivity contribution in [2.45, 2.75) is 110 Å². The Morgan fingerprint density at radius 1 is 1.00 bits per heavy atom. The molecule has 8 atom stereocenters. The summed E-state index contributed by atoms with van der Waals surface area (Å²) in [6, 6.07) is 0. The second-order valence-electron chi connectivity index (χ2n) is 11.5. The molecule has 3 aliphatic rings. The van der Waals surface area contributed by atoms with E-state index in [-0.39, 0.29) is 6.42 Å². The van der Waals surface area contributed by atoms with Crippen molar-refractivity contribution in [3.05, 3.63) is 12.7 Å². The highest BCUT2D eigenvalue weighted by atomic mass is 16.6. The van der Waals surface area contributed by atoms with E-state index in [0.29, 0.717) is 12.8 Å². The summed E-state index contributed by atoms with van der Waals surface area (Å²) in [4.78, 5) is 50.8. The molecule has 9 heteroatoms. The molecule has 1 aliphatic heterocycles. The molecule has 0 bridgehead atoms. The molecule has 0 radical (unpaired) electrons. The molecular weight excluding hydrogens is 456 g/mol. The second-order valence-corrected chi connectivity index (χ2v) is 11.5. The molecular formula is C26H38O9. The summed E-state index contributed by atoms with van der Waals surface area (Å²) in [5.74, 6) is -3.16. The number of Topliss-reactive ketones (excluding diaryl/α,β-unsaturated/α-hetero) is 1. The van der Waals surface area contributed by atoms with Crippen LogP contribution in [0.1, 0.15) is 74.7 Å². The first-order valence-corrected chi connectivity index (χ1v) is 12.0. The predicted molar refractivity (Wildman–Crippen MR) is 124 cm³/mol. The maximum absolute atomic E-state index is 14.0. The van der Waals surface area contributed by atoms with Crippen LogP contribution in [0.2, 0.25) is 0 Å². The summed E-state index contributed by atoms with van der Waals surface area (Å²) in [5.41, 5.74) is -7.39. The molecule has 2 aliphatic carbocycles. The fourth-order valence-corrected chi connectivity index (χ4v) is 7.29. The van der Waals surface area contributed by atoms with Crippen molar-refractivity contribution in [3.8, 4) is 0 Å². The molecule has 1 saturated heterocycles. The van der Waals surface area contributed by atoms with Crippen LogP contribution in [0.25, 0.3) is 0 Å². The van der Waals surface area contributed by atoms with Crippen molar-refractivity contribution in [1.82, 2.24) is 0 Å². The van der Waals surface area contributed by atoms with Gasteiger partial charge in [0, 0.05) is 33.1 Å². The molecule has 0 spiro atoms. The van der Waals surface area contributed by atoms with E-state index in [2.05, 4.69) is 6.58 Å². The number of carbonyl (C=O) groups is 4. The zero-order valence-electron chi connectivity index (χ0n) is 21.9. The van der Waals surface area contributed by atoms with Crippen LogP contribution >= 0.6 is 0 Å². The number of hydrogen-bond acceptors (Lipinski definition) is 9. The third kappa shape index (κ3) is 3.82. The third-order valence-electron chi connectivity index (χ3n) is 8.57. The van der Waals surface area contributed by atoms with Gasteiger partial charge in [0.25, 0.3) is 0 Å². The maximum atomic E-state index is 14.0. The monoisotopic (exact) mass is 494 g/mol. The van der Waals surface area contributed by atoms with E-state index in [0.717, 1.165) is 0 Å². The summed E-state index contributed by atoms with van der Waals surface area (Å²) >= 11 is 0. The molecule has 0 aromatic rings. The summed E-state index contributed by atoms with van der Waals surface area (Å²) in [5, 5.41) is 12.6. The first-order chi connectivity index (χ1) is 15.9. The van der Waals surface area contributed by atoms with E-state index in [9.17, 15) is 24.3 Å². The van der Waals surface area contributed by atoms with Crippen LogP contribution < -0.4 is 0 Å². The van der Waals surface area contributed by atoms with E-state index in [1.165, 1.54) is 33.8 Å². The minimum absolute atomic E-state index is 0.191. The predicted octanol–water partition coefficient (Wildman–Crippen LogP) is 2.66. The van der Waals surface area contributed by atoms with Gasteiger partial charge in [-0.1, -0.05) is 26.8 Å². The summed E-state index contributed by atoms with van der Waals surface area (Å²) in [6.45, 7) is 16.2. The van der Waals surface area contributed by atoms with Crippen LogP contribution in [0.5, 0.6) is 0 Å². The Bertz CT molecular complexity index is 956. The number of ketones is 1. The highest BCUT2D eigenvalue weighted by molar-refractivity contribution is 5.92. The molecule has 1 N–H and O–H groups in total. The van der Waals surface area contributed by atoms with Gasteiger partial charge in [0.2, 0.25) is 0 Å². The van der Waals surface area contributed by atoms with Gasteiger partial charge in [0.05, 0.1) is 11.0 Å². The van der Waals surface area contributed by atoms with E-state index in [4.69, 9.17) is 18.9 Å². The second kappa shape index (κ2) is 8.40. The van der Waals surface area contributed by atoms with E-state index >= 15 is 0 Å². The van der Waals surface area contributed by atoms with Gasteiger partial charge in [-0.3, -0.25) is 19.2 Å². The summed E-state index contributed by atoms with van der Waals surface area (Å²) < 4.78 is 23.8. The van der Waals surface area contributed by atoms with Crippen LogP contribution in [0.3, 0.4) is 0 Å². The smallest absolute Gasteiger partial charge is 0.303 e. The van der Waals surface area contributed by atoms with Gasteiger partial charge in [-0.2, -0.15) is 0 Å². The lowest BCUT2D eigenvalue weighted by Crippen LogP contribution is -2.87. The number of rotatable bonds is 4. The molecule has 0 aromatic heterocycles. The van der Waals surface area contributed by atoms with Crippen LogP contribution in [-0.2, 0) is 38.1 Å². The molecule has 3 fully saturated rings. The lowest BCUT2D eigenvalue weighted by molar-refractivity contribution is -0.371. The standard InChI is InChI=1S/C26H38O9/c1-10-23(7)13-17(30)26(31)24(8)18(32-14(2)27)11-12-22(5,6)20(24)19(33-15(3)28)21(34-16(4)29)25(26,9)35-23/h10,18-21,31H,1,11-13H2,2-9H3/t18-,19-,20-,21-,23-,24-,25+,26-/m1/s1. The lowest BCUT2D eigenvalue weighted by Gasteiger charge is -2.71. The Balaban J connectivity index is 2.42. The van der Waals surface area contributed by atoms with Crippen LogP contribution in [0.15, 0.2) is 12.7 Å². The topological polar surface area (TPSA) is 125 Å². The lowest BCUT2D eigenvalue weighted by atomic mass is 9.39. The molecule has 9 nitrogen and oxygen atoms in total. The van der Waals surface area contributed by atoms with E-state index in [1.807, 2.05) is 13.8 Å². The Labute approximate surface area is 206 Å². The minimum Gasteiger partial charge on any atom is -0.462 e. The number of carbonyl (C=O) groups excluding carboxylic acids is 4. The number of aliphatic hydroxyl groups is 1. The van der Waals surface area contributed by atoms with E-state index in [1.54, 1.807) is 13.8 Å². The SMILES string of the molecule is C=C[C@]1(C)CC(=O)[C@@]2(O)[C@@]3(C)[C@H]([C@@H](OC(C)=O)[C@@H](OC(C)=O)[C@]2(C)O1)C(C)(C)CC[C@H]3OC(C)=O. The summed E-state index contributed by atoms with van der Waals surface area (Å²) in [6.07, 6.45) is -1.13. The maximum Gasteiger partial charge on any atom is 0.303 e. The van der Waals surface area contributed by atoms with Crippen LogP contribution in [-0.4, -0.2) is 63.9 Å². The van der Waals surface area contributed by atoms with Gasteiger partial charge < -0.3 is 24.1 Å². The Morgan fingerprint density at radius 3 is 2.03 bits per heavy atom. The quantitative estimate of drug-likeness (QED) is 0.357. The van der Waals surface area contributed by atoms with Crippen molar-refractivity contribution in [1.29, 1.82) is 0 Å². The zero-order valence-corrected chi connectivity index (χ0v) is 21.9. The van der Waals surface area contributed by atoms with Gasteiger partial charge >= 0.3 is 17.9 Å². The molecule has 3 rings (SSSR count). The highest BCUT2D eigenvalue weighted by Crippen LogP contribution is 2.68. The Hall–Kier alpha value is -2.26. The van der Waals surface area contributed by atoms with Crippen LogP contribution in [0, 0.1) is 16.7 Å². The fourth-order valence-electron chi connectivity index (χ4n) is 7.29. The fraction of sp³-hybridized carbons (Fsp3) is 0.769. The first-order valence-electron chi connectivity index (χ1n) is 12.0. The van der Waals surface area contributed by atoms with Crippen LogP contribution in [0.4, 0.5) is 0 Å². The molecule has 1 heterocycles. The normalized spacial score (nSPS) is 44.3. The van der Waals surface area contributed by atoms with Crippen molar-refractivity contribution in [3.63, 3.8) is 0 Å².